The van der Waals surface area contributed by atoms with E-state index >= 15 is 0 Å². The van der Waals surface area contributed by atoms with Crippen LogP contribution in [0.3, 0.4) is 0 Å². The average molecular weight is 224 g/mol. The quantitative estimate of drug-likeness (QED) is 0.714. The van der Waals surface area contributed by atoms with E-state index in [0.717, 1.165) is 18.4 Å². The largest absolute Gasteiger partial charge is 0.356 e. The standard InChI is InChI=1S/C12H17FN2O/c13-11-5-3-10(4-6-11)2-1-9-15-12(16)7-8-14/h3-6H,1-2,7-9,14H2,(H,15,16). The first-order chi connectivity index (χ1) is 7.72. The molecule has 1 aromatic rings. The van der Waals surface area contributed by atoms with Crippen molar-refractivity contribution in [1.29, 1.82) is 0 Å². The third-order valence-electron chi connectivity index (χ3n) is 2.25. The predicted octanol–water partition coefficient (Wildman–Crippen LogP) is 1.22. The lowest BCUT2D eigenvalue weighted by Crippen LogP contribution is -2.26. The number of rotatable bonds is 6. The Kier molecular flexibility index (Phi) is 5.50. The van der Waals surface area contributed by atoms with Crippen LogP contribution in [0.25, 0.3) is 0 Å². The fraction of sp³-hybridized carbons (Fsp3) is 0.417. The minimum atomic E-state index is -0.222. The summed E-state index contributed by atoms with van der Waals surface area (Å²) >= 11 is 0. The fourth-order valence-corrected chi connectivity index (χ4v) is 1.39. The molecule has 16 heavy (non-hydrogen) atoms. The van der Waals surface area contributed by atoms with Gasteiger partial charge in [0.1, 0.15) is 5.82 Å². The van der Waals surface area contributed by atoms with Crippen molar-refractivity contribution < 1.29 is 9.18 Å². The minimum Gasteiger partial charge on any atom is -0.356 e. The number of hydrogen-bond donors (Lipinski definition) is 2. The molecule has 0 aromatic heterocycles. The number of aryl methyl sites for hydroxylation is 1. The molecule has 0 saturated heterocycles. The summed E-state index contributed by atoms with van der Waals surface area (Å²) in [6, 6.07) is 6.42. The Morgan fingerprint density at radius 2 is 2.00 bits per heavy atom. The average Bonchev–Trinajstić information content (AvgIpc) is 2.27. The highest BCUT2D eigenvalue weighted by Crippen LogP contribution is 2.04. The molecule has 0 atom stereocenters. The molecule has 3 N–H and O–H groups in total. The molecule has 88 valence electrons. The Bertz CT molecular complexity index is 324. The summed E-state index contributed by atoms with van der Waals surface area (Å²) < 4.78 is 12.6. The van der Waals surface area contributed by atoms with E-state index < -0.39 is 0 Å². The SMILES string of the molecule is NCCC(=O)NCCCc1ccc(F)cc1. The van der Waals surface area contributed by atoms with Crippen molar-refractivity contribution >= 4 is 5.91 Å². The summed E-state index contributed by atoms with van der Waals surface area (Å²) in [6.07, 6.45) is 2.06. The van der Waals surface area contributed by atoms with Crippen LogP contribution in [-0.2, 0) is 11.2 Å². The molecule has 0 heterocycles. The highest BCUT2D eigenvalue weighted by atomic mass is 19.1. The van der Waals surface area contributed by atoms with E-state index in [-0.39, 0.29) is 11.7 Å². The molecule has 1 rings (SSSR count). The van der Waals surface area contributed by atoms with Gasteiger partial charge in [-0.05, 0) is 30.5 Å². The molecule has 0 spiro atoms. The van der Waals surface area contributed by atoms with Crippen molar-refractivity contribution in [2.75, 3.05) is 13.1 Å². The zero-order chi connectivity index (χ0) is 11.8. The van der Waals surface area contributed by atoms with Crippen LogP contribution in [-0.4, -0.2) is 19.0 Å². The van der Waals surface area contributed by atoms with E-state index in [4.69, 9.17) is 5.73 Å². The van der Waals surface area contributed by atoms with Gasteiger partial charge in [0.05, 0.1) is 0 Å². The summed E-state index contributed by atoms with van der Waals surface area (Å²) in [4.78, 5) is 11.1. The smallest absolute Gasteiger partial charge is 0.221 e. The van der Waals surface area contributed by atoms with Gasteiger partial charge in [-0.3, -0.25) is 4.79 Å². The van der Waals surface area contributed by atoms with Gasteiger partial charge in [-0.25, -0.2) is 4.39 Å². The first-order valence-corrected chi connectivity index (χ1v) is 5.43. The Morgan fingerprint density at radius 3 is 2.62 bits per heavy atom. The molecule has 1 amide bonds. The van der Waals surface area contributed by atoms with Crippen LogP contribution in [0.4, 0.5) is 4.39 Å². The molecule has 0 aliphatic rings. The lowest BCUT2D eigenvalue weighted by Gasteiger charge is -2.04. The highest BCUT2D eigenvalue weighted by molar-refractivity contribution is 5.75. The monoisotopic (exact) mass is 224 g/mol. The highest BCUT2D eigenvalue weighted by Gasteiger charge is 1.98. The molecule has 0 fully saturated rings. The molecule has 0 bridgehead atoms. The number of benzene rings is 1. The van der Waals surface area contributed by atoms with Crippen LogP contribution in [0.5, 0.6) is 0 Å². The molecule has 1 aromatic carbocycles. The molecular weight excluding hydrogens is 207 g/mol. The third-order valence-corrected chi connectivity index (χ3v) is 2.25. The second kappa shape index (κ2) is 6.95. The molecule has 0 unspecified atom stereocenters. The van der Waals surface area contributed by atoms with Crippen molar-refractivity contribution in [3.8, 4) is 0 Å². The van der Waals surface area contributed by atoms with Crippen LogP contribution >= 0.6 is 0 Å². The van der Waals surface area contributed by atoms with Gasteiger partial charge in [0.15, 0.2) is 0 Å². The van der Waals surface area contributed by atoms with Crippen molar-refractivity contribution in [3.63, 3.8) is 0 Å². The number of carbonyl (C=O) groups is 1. The van der Waals surface area contributed by atoms with Gasteiger partial charge < -0.3 is 11.1 Å². The van der Waals surface area contributed by atoms with Crippen LogP contribution in [0.15, 0.2) is 24.3 Å². The normalized spacial score (nSPS) is 10.1. The van der Waals surface area contributed by atoms with E-state index in [2.05, 4.69) is 5.32 Å². The maximum Gasteiger partial charge on any atom is 0.221 e. The zero-order valence-electron chi connectivity index (χ0n) is 9.21. The molecule has 0 aliphatic carbocycles. The summed E-state index contributed by atoms with van der Waals surface area (Å²) in [7, 11) is 0. The Balaban J connectivity index is 2.16. The van der Waals surface area contributed by atoms with E-state index in [0.29, 0.717) is 19.5 Å². The van der Waals surface area contributed by atoms with Crippen LogP contribution < -0.4 is 11.1 Å². The molecule has 3 nitrogen and oxygen atoms in total. The van der Waals surface area contributed by atoms with E-state index in [9.17, 15) is 9.18 Å². The first kappa shape index (κ1) is 12.6. The van der Waals surface area contributed by atoms with Gasteiger partial charge in [-0.15, -0.1) is 0 Å². The van der Waals surface area contributed by atoms with Crippen molar-refractivity contribution in [1.82, 2.24) is 5.32 Å². The fourth-order valence-electron chi connectivity index (χ4n) is 1.39. The number of carbonyl (C=O) groups excluding carboxylic acids is 1. The number of hydrogen-bond acceptors (Lipinski definition) is 2. The third kappa shape index (κ3) is 4.89. The van der Waals surface area contributed by atoms with Gasteiger partial charge in [0.2, 0.25) is 5.91 Å². The van der Waals surface area contributed by atoms with E-state index in [1.54, 1.807) is 12.1 Å². The van der Waals surface area contributed by atoms with Crippen LogP contribution in [0, 0.1) is 5.82 Å². The lowest BCUT2D eigenvalue weighted by molar-refractivity contribution is -0.120. The van der Waals surface area contributed by atoms with Crippen LogP contribution in [0.1, 0.15) is 18.4 Å². The molecule has 0 saturated carbocycles. The zero-order valence-corrected chi connectivity index (χ0v) is 9.21. The summed E-state index contributed by atoms with van der Waals surface area (Å²) in [5.41, 5.74) is 6.32. The maximum atomic E-state index is 12.6. The summed E-state index contributed by atoms with van der Waals surface area (Å²) in [6.45, 7) is 1.01. The van der Waals surface area contributed by atoms with Crippen molar-refractivity contribution in [3.05, 3.63) is 35.6 Å². The number of nitrogens with one attached hydrogen (secondary N) is 1. The lowest BCUT2D eigenvalue weighted by atomic mass is 10.1. The van der Waals surface area contributed by atoms with E-state index in [1.807, 2.05) is 0 Å². The number of halogens is 1. The van der Waals surface area contributed by atoms with Crippen molar-refractivity contribution in [2.45, 2.75) is 19.3 Å². The van der Waals surface area contributed by atoms with Gasteiger partial charge in [-0.1, -0.05) is 12.1 Å². The van der Waals surface area contributed by atoms with E-state index in [1.165, 1.54) is 12.1 Å². The molecule has 0 radical (unpaired) electrons. The minimum absolute atomic E-state index is 0.0124. The Hall–Kier alpha value is -1.42. The van der Waals surface area contributed by atoms with Crippen molar-refractivity contribution in [2.24, 2.45) is 5.73 Å². The summed E-state index contributed by atoms with van der Waals surface area (Å²) in [5.74, 6) is -0.235. The second-order valence-electron chi connectivity index (χ2n) is 3.62. The topological polar surface area (TPSA) is 55.1 Å². The molecule has 4 heteroatoms. The first-order valence-electron chi connectivity index (χ1n) is 5.43. The van der Waals surface area contributed by atoms with Gasteiger partial charge in [0.25, 0.3) is 0 Å². The second-order valence-corrected chi connectivity index (χ2v) is 3.62. The van der Waals surface area contributed by atoms with Gasteiger partial charge >= 0.3 is 0 Å². The summed E-state index contributed by atoms with van der Waals surface area (Å²) in [5, 5.41) is 2.77. The molecular formula is C12H17FN2O. The Morgan fingerprint density at radius 1 is 1.31 bits per heavy atom. The van der Waals surface area contributed by atoms with Crippen LogP contribution in [0.2, 0.25) is 0 Å². The maximum absolute atomic E-state index is 12.6. The van der Waals surface area contributed by atoms with Gasteiger partial charge in [-0.2, -0.15) is 0 Å². The number of nitrogens with two attached hydrogens (primary N) is 1. The Labute approximate surface area is 94.8 Å². The molecule has 0 aliphatic heterocycles. The number of amides is 1. The predicted molar refractivity (Wildman–Crippen MR) is 61.4 cm³/mol. The van der Waals surface area contributed by atoms with Gasteiger partial charge in [0, 0.05) is 19.5 Å².